The fourth-order valence-electron chi connectivity index (χ4n) is 1.69. The lowest BCUT2D eigenvalue weighted by Crippen LogP contribution is -2.29. The van der Waals surface area contributed by atoms with Gasteiger partial charge in [0, 0.05) is 18.8 Å². The van der Waals surface area contributed by atoms with Crippen LogP contribution in [0.15, 0.2) is 35.6 Å². The molecule has 1 aliphatic heterocycles. The van der Waals surface area contributed by atoms with Crippen LogP contribution in [0.2, 0.25) is 0 Å². The van der Waals surface area contributed by atoms with E-state index in [1.807, 2.05) is 0 Å². The maximum Gasteiger partial charge on any atom is 0.0429 e. The highest BCUT2D eigenvalue weighted by Gasteiger charge is 2.16. The van der Waals surface area contributed by atoms with Crippen LogP contribution >= 0.6 is 0 Å². The van der Waals surface area contributed by atoms with Crippen molar-refractivity contribution >= 4 is 0 Å². The smallest absolute Gasteiger partial charge is 0.0429 e. The van der Waals surface area contributed by atoms with Gasteiger partial charge in [-0.25, -0.2) is 0 Å². The van der Waals surface area contributed by atoms with Crippen molar-refractivity contribution in [3.63, 3.8) is 0 Å². The highest BCUT2D eigenvalue weighted by atomic mass is 15.1. The van der Waals surface area contributed by atoms with Gasteiger partial charge in [0.25, 0.3) is 0 Å². The molecular formula is C11H15N. The normalized spacial score (nSPS) is 21.1. The van der Waals surface area contributed by atoms with Crippen molar-refractivity contribution in [2.45, 2.75) is 26.3 Å². The van der Waals surface area contributed by atoms with Gasteiger partial charge in [-0.3, -0.25) is 0 Å². The van der Waals surface area contributed by atoms with E-state index in [1.165, 1.54) is 11.1 Å². The molecule has 2 aliphatic rings. The average Bonchev–Trinajstić information content (AvgIpc) is 2.49. The third-order valence-electron chi connectivity index (χ3n) is 2.53. The Balaban J connectivity index is 2.20. The summed E-state index contributed by atoms with van der Waals surface area (Å²) in [4.78, 5) is 2.37. The van der Waals surface area contributed by atoms with Crippen LogP contribution in [0.3, 0.4) is 0 Å². The van der Waals surface area contributed by atoms with Crippen molar-refractivity contribution < 1.29 is 0 Å². The molecule has 1 heteroatoms. The van der Waals surface area contributed by atoms with Gasteiger partial charge < -0.3 is 4.90 Å². The number of hydrogen-bond donors (Lipinski definition) is 0. The standard InChI is InChI=1S/C11H15N/c1-9(2)12-7-6-10-4-3-5-11(10)8-12/h4-7,9H,3,8H2,1-2H3. The number of hydrogen-bond acceptors (Lipinski definition) is 1. The summed E-state index contributed by atoms with van der Waals surface area (Å²) in [5.41, 5.74) is 2.94. The topological polar surface area (TPSA) is 3.24 Å². The van der Waals surface area contributed by atoms with Crippen LogP contribution < -0.4 is 0 Å². The molecule has 0 atom stereocenters. The molecule has 0 N–H and O–H groups in total. The fraction of sp³-hybridized carbons (Fsp3) is 0.455. The van der Waals surface area contributed by atoms with Gasteiger partial charge in [0.1, 0.15) is 0 Å². The largest absolute Gasteiger partial charge is 0.371 e. The van der Waals surface area contributed by atoms with Crippen LogP contribution in [-0.4, -0.2) is 17.5 Å². The van der Waals surface area contributed by atoms with Crippen LogP contribution in [0.4, 0.5) is 0 Å². The summed E-state index contributed by atoms with van der Waals surface area (Å²) in [6.07, 6.45) is 10.2. The summed E-state index contributed by atoms with van der Waals surface area (Å²) >= 11 is 0. The van der Waals surface area contributed by atoms with E-state index in [9.17, 15) is 0 Å². The summed E-state index contributed by atoms with van der Waals surface area (Å²) in [7, 11) is 0. The van der Waals surface area contributed by atoms with Crippen LogP contribution in [0, 0.1) is 0 Å². The Bertz CT molecular complexity index is 269. The van der Waals surface area contributed by atoms with E-state index in [1.54, 1.807) is 0 Å². The van der Waals surface area contributed by atoms with Crippen molar-refractivity contribution in [2.24, 2.45) is 0 Å². The number of allylic oxidation sites excluding steroid dienone is 3. The van der Waals surface area contributed by atoms with E-state index in [0.717, 1.165) is 13.0 Å². The van der Waals surface area contributed by atoms with Gasteiger partial charge in [-0.2, -0.15) is 0 Å². The predicted octanol–water partition coefficient (Wildman–Crippen LogP) is 2.48. The Hall–Kier alpha value is -0.980. The minimum atomic E-state index is 0.615. The Kier molecular flexibility index (Phi) is 1.80. The monoisotopic (exact) mass is 161 g/mol. The van der Waals surface area contributed by atoms with E-state index in [0.29, 0.717) is 6.04 Å². The molecule has 64 valence electrons. The first-order chi connectivity index (χ1) is 5.77. The van der Waals surface area contributed by atoms with Crippen molar-refractivity contribution in [1.29, 1.82) is 0 Å². The van der Waals surface area contributed by atoms with Gasteiger partial charge >= 0.3 is 0 Å². The van der Waals surface area contributed by atoms with Gasteiger partial charge in [0.05, 0.1) is 0 Å². The third kappa shape index (κ3) is 1.20. The molecule has 0 radical (unpaired) electrons. The molecule has 12 heavy (non-hydrogen) atoms. The zero-order chi connectivity index (χ0) is 8.55. The van der Waals surface area contributed by atoms with Gasteiger partial charge in [0.2, 0.25) is 0 Å². The van der Waals surface area contributed by atoms with E-state index < -0.39 is 0 Å². The molecule has 0 spiro atoms. The molecule has 1 aliphatic carbocycles. The molecule has 0 fully saturated rings. The molecule has 2 rings (SSSR count). The molecule has 1 heterocycles. The predicted molar refractivity (Wildman–Crippen MR) is 51.8 cm³/mol. The lowest BCUT2D eigenvalue weighted by molar-refractivity contribution is 0.332. The molecule has 0 saturated heterocycles. The second kappa shape index (κ2) is 2.81. The maximum absolute atomic E-state index is 2.37. The molecule has 1 nitrogen and oxygen atoms in total. The first-order valence-electron chi connectivity index (χ1n) is 4.61. The number of fused-ring (bicyclic) bond motifs is 1. The van der Waals surface area contributed by atoms with Crippen molar-refractivity contribution in [3.05, 3.63) is 35.6 Å². The number of nitrogens with zero attached hydrogens (tertiary/aromatic N) is 1. The summed E-state index contributed by atoms with van der Waals surface area (Å²) in [5, 5.41) is 0. The molecule has 0 aromatic rings. The van der Waals surface area contributed by atoms with Crippen molar-refractivity contribution in [1.82, 2.24) is 4.90 Å². The summed E-state index contributed by atoms with van der Waals surface area (Å²) < 4.78 is 0. The molecule has 0 aromatic carbocycles. The highest BCUT2D eigenvalue weighted by molar-refractivity contribution is 5.47. The van der Waals surface area contributed by atoms with Crippen molar-refractivity contribution in [3.8, 4) is 0 Å². The Morgan fingerprint density at radius 2 is 2.17 bits per heavy atom. The quantitative estimate of drug-likeness (QED) is 0.571. The number of rotatable bonds is 1. The molecule has 0 aromatic heterocycles. The fourth-order valence-corrected chi connectivity index (χ4v) is 1.69. The minimum absolute atomic E-state index is 0.615. The molecule has 0 unspecified atom stereocenters. The third-order valence-corrected chi connectivity index (χ3v) is 2.53. The van der Waals surface area contributed by atoms with Crippen LogP contribution in [0.25, 0.3) is 0 Å². The van der Waals surface area contributed by atoms with Crippen LogP contribution in [0.1, 0.15) is 20.3 Å². The van der Waals surface area contributed by atoms with Gasteiger partial charge in [-0.05, 0) is 37.5 Å². The Morgan fingerprint density at radius 3 is 2.92 bits per heavy atom. The van der Waals surface area contributed by atoms with Crippen LogP contribution in [0.5, 0.6) is 0 Å². The van der Waals surface area contributed by atoms with E-state index in [4.69, 9.17) is 0 Å². The maximum atomic E-state index is 2.37. The Labute approximate surface area is 74.1 Å². The van der Waals surface area contributed by atoms with E-state index in [-0.39, 0.29) is 0 Å². The SMILES string of the molecule is CC(C)N1C=CC2=CCC=C2C1. The lowest BCUT2D eigenvalue weighted by Gasteiger charge is -2.29. The average molecular weight is 161 g/mol. The minimum Gasteiger partial charge on any atom is -0.371 e. The molecule has 0 saturated carbocycles. The van der Waals surface area contributed by atoms with Gasteiger partial charge in [0.15, 0.2) is 0 Å². The summed E-state index contributed by atoms with van der Waals surface area (Å²) in [6, 6.07) is 0.615. The van der Waals surface area contributed by atoms with Gasteiger partial charge in [-0.1, -0.05) is 12.2 Å². The highest BCUT2D eigenvalue weighted by Crippen LogP contribution is 2.26. The molecule has 0 amide bonds. The lowest BCUT2D eigenvalue weighted by atomic mass is 10.1. The zero-order valence-electron chi connectivity index (χ0n) is 7.75. The first kappa shape index (κ1) is 7.66. The second-order valence-corrected chi connectivity index (χ2v) is 3.71. The molecule has 0 bridgehead atoms. The molecular weight excluding hydrogens is 146 g/mol. The van der Waals surface area contributed by atoms with E-state index >= 15 is 0 Å². The second-order valence-electron chi connectivity index (χ2n) is 3.71. The first-order valence-corrected chi connectivity index (χ1v) is 4.61. The zero-order valence-corrected chi connectivity index (χ0v) is 7.75. The van der Waals surface area contributed by atoms with Crippen LogP contribution in [-0.2, 0) is 0 Å². The van der Waals surface area contributed by atoms with Crippen molar-refractivity contribution in [2.75, 3.05) is 6.54 Å². The Morgan fingerprint density at radius 1 is 1.33 bits per heavy atom. The van der Waals surface area contributed by atoms with E-state index in [2.05, 4.69) is 43.2 Å². The van der Waals surface area contributed by atoms with Gasteiger partial charge in [-0.15, -0.1) is 0 Å². The summed E-state index contributed by atoms with van der Waals surface area (Å²) in [5.74, 6) is 0. The summed E-state index contributed by atoms with van der Waals surface area (Å²) in [6.45, 7) is 5.56.